The fourth-order valence-electron chi connectivity index (χ4n) is 1.66. The van der Waals surface area contributed by atoms with Gasteiger partial charge in [0.25, 0.3) is 5.78 Å². The second-order valence-corrected chi connectivity index (χ2v) is 3.63. The first-order valence-electron chi connectivity index (χ1n) is 6.11. The van der Waals surface area contributed by atoms with Crippen LogP contribution in [-0.4, -0.2) is 25.0 Å². The van der Waals surface area contributed by atoms with E-state index in [-0.39, 0.29) is 12.2 Å². The molecular weight excluding hydrogens is 232 g/mol. The average Bonchev–Trinajstić information content (AvgIpc) is 2.38. The third-order valence-electron chi connectivity index (χ3n) is 2.47. The fraction of sp³-hybridized carbons (Fsp3) is 0.429. The van der Waals surface area contributed by atoms with E-state index in [9.17, 15) is 9.59 Å². The molecule has 0 aromatic heterocycles. The van der Waals surface area contributed by atoms with Crippen molar-refractivity contribution in [2.45, 2.75) is 27.2 Å². The lowest BCUT2D eigenvalue weighted by atomic mass is 10.0. The summed E-state index contributed by atoms with van der Waals surface area (Å²) in [5.41, 5.74) is 1.18. The first-order valence-corrected chi connectivity index (χ1v) is 6.11. The lowest BCUT2D eigenvalue weighted by molar-refractivity contribution is -0.137. The summed E-state index contributed by atoms with van der Waals surface area (Å²) in [6.45, 7) is 6.10. The van der Waals surface area contributed by atoms with Crippen LogP contribution in [0.2, 0.25) is 0 Å². The van der Waals surface area contributed by atoms with E-state index >= 15 is 0 Å². The number of hydrogen-bond donors (Lipinski definition) is 0. The van der Waals surface area contributed by atoms with Gasteiger partial charge in [0.1, 0.15) is 5.75 Å². The zero-order valence-corrected chi connectivity index (χ0v) is 11.0. The molecule has 0 N–H and O–H groups in total. The molecule has 0 aliphatic carbocycles. The minimum atomic E-state index is -0.841. The van der Waals surface area contributed by atoms with Crippen LogP contribution in [0, 0.1) is 0 Å². The summed E-state index contributed by atoms with van der Waals surface area (Å²) in [5, 5.41) is 0. The number of carbonyl (C=O) groups excluding carboxylic acids is 2. The Labute approximate surface area is 107 Å². The number of carbonyl (C=O) groups is 2. The number of hydrogen-bond acceptors (Lipinski definition) is 4. The van der Waals surface area contributed by atoms with Crippen LogP contribution in [0.15, 0.2) is 18.2 Å². The fourth-order valence-corrected chi connectivity index (χ4v) is 1.66. The third kappa shape index (κ3) is 3.09. The summed E-state index contributed by atoms with van der Waals surface area (Å²) in [6.07, 6.45) is 0.735. The number of ether oxygens (including phenoxy) is 2. The molecule has 0 saturated heterocycles. The van der Waals surface area contributed by atoms with E-state index in [2.05, 4.69) is 0 Å². The van der Waals surface area contributed by atoms with E-state index in [1.165, 1.54) is 0 Å². The molecule has 0 saturated carbocycles. The number of esters is 1. The number of benzene rings is 1. The van der Waals surface area contributed by atoms with Gasteiger partial charge >= 0.3 is 5.97 Å². The van der Waals surface area contributed by atoms with Crippen molar-refractivity contribution in [2.24, 2.45) is 0 Å². The number of rotatable bonds is 6. The van der Waals surface area contributed by atoms with Gasteiger partial charge < -0.3 is 9.47 Å². The first kappa shape index (κ1) is 14.2. The molecule has 1 aromatic rings. The van der Waals surface area contributed by atoms with Crippen molar-refractivity contribution >= 4 is 11.8 Å². The van der Waals surface area contributed by atoms with E-state index < -0.39 is 11.8 Å². The number of Topliss-reactive ketones (excluding diaryl/α,β-unsaturated/α-hetero) is 1. The Morgan fingerprint density at radius 2 is 1.83 bits per heavy atom. The molecule has 0 amide bonds. The maximum atomic E-state index is 11.9. The lowest BCUT2D eigenvalue weighted by Gasteiger charge is -2.12. The molecular formula is C14H18O4. The summed E-state index contributed by atoms with van der Waals surface area (Å²) in [4.78, 5) is 23.4. The van der Waals surface area contributed by atoms with E-state index in [1.54, 1.807) is 19.1 Å². The van der Waals surface area contributed by atoms with Crippen molar-refractivity contribution in [3.8, 4) is 5.75 Å². The van der Waals surface area contributed by atoms with Crippen molar-refractivity contribution in [3.63, 3.8) is 0 Å². The van der Waals surface area contributed by atoms with Crippen LogP contribution in [0.4, 0.5) is 0 Å². The molecule has 0 aliphatic rings. The Balaban J connectivity index is 3.14. The molecule has 4 heteroatoms. The molecule has 4 nitrogen and oxygen atoms in total. The largest absolute Gasteiger partial charge is 0.493 e. The second kappa shape index (κ2) is 6.79. The highest BCUT2D eigenvalue weighted by Crippen LogP contribution is 2.25. The Morgan fingerprint density at radius 1 is 1.11 bits per heavy atom. The van der Waals surface area contributed by atoms with Crippen LogP contribution in [0.3, 0.4) is 0 Å². The quantitative estimate of drug-likeness (QED) is 0.442. The van der Waals surface area contributed by atoms with Gasteiger partial charge in [-0.3, -0.25) is 4.79 Å². The predicted octanol–water partition coefficient (Wildman–Crippen LogP) is 2.39. The molecule has 0 radical (unpaired) electrons. The second-order valence-electron chi connectivity index (χ2n) is 3.63. The van der Waals surface area contributed by atoms with Gasteiger partial charge in [-0.05, 0) is 31.9 Å². The third-order valence-corrected chi connectivity index (χ3v) is 2.47. The van der Waals surface area contributed by atoms with Crippen LogP contribution < -0.4 is 4.74 Å². The Morgan fingerprint density at radius 3 is 2.39 bits per heavy atom. The normalized spacial score (nSPS) is 9.94. The monoisotopic (exact) mass is 250 g/mol. The zero-order chi connectivity index (χ0) is 13.5. The lowest BCUT2D eigenvalue weighted by Crippen LogP contribution is -2.19. The van der Waals surface area contributed by atoms with Crippen molar-refractivity contribution in [3.05, 3.63) is 29.3 Å². The van der Waals surface area contributed by atoms with Gasteiger partial charge in [0.05, 0.1) is 18.8 Å². The van der Waals surface area contributed by atoms with Gasteiger partial charge in [0, 0.05) is 0 Å². The summed E-state index contributed by atoms with van der Waals surface area (Å²) < 4.78 is 10.2. The van der Waals surface area contributed by atoms with Crippen LogP contribution in [0.5, 0.6) is 5.75 Å². The maximum Gasteiger partial charge on any atom is 0.379 e. The standard InChI is InChI=1S/C14H18O4/c1-4-10-8-7-9-11(13(10)17-5-2)12(15)14(16)18-6-3/h7-9H,4-6H2,1-3H3. The smallest absolute Gasteiger partial charge is 0.379 e. The highest BCUT2D eigenvalue weighted by molar-refractivity contribution is 6.41. The van der Waals surface area contributed by atoms with E-state index in [4.69, 9.17) is 9.47 Å². The summed E-state index contributed by atoms with van der Waals surface area (Å²) >= 11 is 0. The maximum absolute atomic E-state index is 11.9. The number of para-hydroxylation sites is 1. The van der Waals surface area contributed by atoms with Crippen molar-refractivity contribution in [1.82, 2.24) is 0 Å². The number of aryl methyl sites for hydroxylation is 1. The van der Waals surface area contributed by atoms with Crippen LogP contribution in [0.25, 0.3) is 0 Å². The topological polar surface area (TPSA) is 52.6 Å². The minimum Gasteiger partial charge on any atom is -0.493 e. The Bertz CT molecular complexity index is 437. The first-order chi connectivity index (χ1) is 8.65. The van der Waals surface area contributed by atoms with Gasteiger partial charge in [-0.1, -0.05) is 19.1 Å². The van der Waals surface area contributed by atoms with Gasteiger partial charge in [-0.2, -0.15) is 0 Å². The summed E-state index contributed by atoms with van der Waals surface area (Å²) in [5.74, 6) is -1.01. The van der Waals surface area contributed by atoms with Crippen molar-refractivity contribution in [1.29, 1.82) is 0 Å². The molecule has 0 unspecified atom stereocenters. The summed E-state index contributed by atoms with van der Waals surface area (Å²) in [6, 6.07) is 5.21. The molecule has 0 bridgehead atoms. The highest BCUT2D eigenvalue weighted by atomic mass is 16.5. The predicted molar refractivity (Wildman–Crippen MR) is 68.0 cm³/mol. The molecule has 0 heterocycles. The zero-order valence-electron chi connectivity index (χ0n) is 11.0. The van der Waals surface area contributed by atoms with Crippen molar-refractivity contribution < 1.29 is 19.1 Å². The van der Waals surface area contributed by atoms with Gasteiger partial charge in [0.15, 0.2) is 0 Å². The highest BCUT2D eigenvalue weighted by Gasteiger charge is 2.22. The van der Waals surface area contributed by atoms with E-state index in [1.807, 2.05) is 19.9 Å². The molecule has 0 aliphatic heterocycles. The molecule has 1 aromatic carbocycles. The molecule has 1 rings (SSSR count). The van der Waals surface area contributed by atoms with Crippen LogP contribution in [-0.2, 0) is 16.0 Å². The molecule has 0 fully saturated rings. The number of ketones is 1. The molecule has 0 spiro atoms. The Hall–Kier alpha value is -1.84. The molecule has 18 heavy (non-hydrogen) atoms. The molecule has 98 valence electrons. The SMILES string of the molecule is CCOC(=O)C(=O)c1cccc(CC)c1OCC. The van der Waals surface area contributed by atoms with Gasteiger partial charge in [-0.25, -0.2) is 4.79 Å². The van der Waals surface area contributed by atoms with Gasteiger partial charge in [-0.15, -0.1) is 0 Å². The van der Waals surface area contributed by atoms with Crippen LogP contribution >= 0.6 is 0 Å². The Kier molecular flexibility index (Phi) is 5.36. The van der Waals surface area contributed by atoms with Crippen molar-refractivity contribution in [2.75, 3.05) is 13.2 Å². The minimum absolute atomic E-state index is 0.183. The average molecular weight is 250 g/mol. The van der Waals surface area contributed by atoms with E-state index in [0.717, 1.165) is 12.0 Å². The van der Waals surface area contributed by atoms with E-state index in [0.29, 0.717) is 12.4 Å². The van der Waals surface area contributed by atoms with Gasteiger partial charge in [0.2, 0.25) is 0 Å². The summed E-state index contributed by atoms with van der Waals surface area (Å²) in [7, 11) is 0. The molecule has 0 atom stereocenters. The van der Waals surface area contributed by atoms with Crippen LogP contribution in [0.1, 0.15) is 36.7 Å².